The second kappa shape index (κ2) is 11.1. The molecule has 3 heteroatoms. The number of guanidine groups is 1. The molecule has 0 aromatic heterocycles. The van der Waals surface area contributed by atoms with E-state index in [0.717, 1.165) is 19.6 Å². The molecule has 0 bridgehead atoms. The average molecular weight is 270 g/mol. The first-order chi connectivity index (χ1) is 9.12. The van der Waals surface area contributed by atoms with Gasteiger partial charge in [0.1, 0.15) is 0 Å². The van der Waals surface area contributed by atoms with Crippen LogP contribution in [0, 0.1) is 0 Å². The van der Waals surface area contributed by atoms with Gasteiger partial charge in [0.15, 0.2) is 0 Å². The summed E-state index contributed by atoms with van der Waals surface area (Å²) < 4.78 is 2.28. The average Bonchev–Trinajstić information content (AvgIpc) is 2.39. The first kappa shape index (κ1) is 18.3. The van der Waals surface area contributed by atoms with Crippen molar-refractivity contribution in [2.24, 2.45) is 0 Å². The Morgan fingerprint density at radius 2 is 1.37 bits per heavy atom. The first-order valence-electron chi connectivity index (χ1n) is 8.16. The molecule has 19 heavy (non-hydrogen) atoms. The Morgan fingerprint density at radius 1 is 0.737 bits per heavy atom. The highest BCUT2D eigenvalue weighted by molar-refractivity contribution is 5.75. The van der Waals surface area contributed by atoms with Crippen molar-refractivity contribution in [2.75, 3.05) is 40.3 Å². The highest BCUT2D eigenvalue weighted by Gasteiger charge is 2.24. The predicted octanol–water partition coefficient (Wildman–Crippen LogP) is 3.25. The maximum Gasteiger partial charge on any atom is 0.350 e. The van der Waals surface area contributed by atoms with Gasteiger partial charge >= 0.3 is 5.96 Å². The van der Waals surface area contributed by atoms with Gasteiger partial charge in [0.05, 0.1) is 40.3 Å². The molecule has 0 saturated carbocycles. The monoisotopic (exact) mass is 270 g/mol. The van der Waals surface area contributed by atoms with Crippen molar-refractivity contribution >= 4 is 5.96 Å². The van der Waals surface area contributed by atoms with Gasteiger partial charge in [-0.3, -0.25) is 14.4 Å². The zero-order valence-corrected chi connectivity index (χ0v) is 14.2. The van der Waals surface area contributed by atoms with Gasteiger partial charge in [-0.2, -0.15) is 0 Å². The zero-order chi connectivity index (χ0) is 14.7. The Morgan fingerprint density at radius 3 is 1.79 bits per heavy atom. The van der Waals surface area contributed by atoms with E-state index >= 15 is 0 Å². The zero-order valence-electron chi connectivity index (χ0n) is 14.2. The fourth-order valence-corrected chi connectivity index (χ4v) is 2.58. The number of hydrogen-bond donors (Lipinski definition) is 0. The fraction of sp³-hybridized carbons (Fsp3) is 0.938. The van der Waals surface area contributed by atoms with E-state index in [9.17, 15) is 0 Å². The van der Waals surface area contributed by atoms with Crippen LogP contribution in [0.3, 0.4) is 0 Å². The van der Waals surface area contributed by atoms with E-state index in [2.05, 4.69) is 56.2 Å². The van der Waals surface area contributed by atoms with Gasteiger partial charge in [-0.1, -0.05) is 33.1 Å². The number of hydrogen-bond acceptors (Lipinski definition) is 0. The second-order valence-corrected chi connectivity index (χ2v) is 5.41. The summed E-state index contributed by atoms with van der Waals surface area (Å²) in [5.74, 6) is 1.39. The highest BCUT2D eigenvalue weighted by Crippen LogP contribution is 2.06. The maximum absolute atomic E-state index is 2.57. The van der Waals surface area contributed by atoms with Crippen LogP contribution in [0.5, 0.6) is 0 Å². The van der Waals surface area contributed by atoms with Crippen molar-refractivity contribution in [2.45, 2.75) is 59.8 Å². The van der Waals surface area contributed by atoms with Crippen LogP contribution in [-0.4, -0.2) is 60.6 Å². The molecule has 0 amide bonds. The molecule has 0 atom stereocenters. The second-order valence-electron chi connectivity index (χ2n) is 5.41. The maximum atomic E-state index is 2.57. The summed E-state index contributed by atoms with van der Waals surface area (Å²) in [4.78, 5) is 5.04. The largest absolute Gasteiger partial charge is 0.350 e. The molecule has 3 nitrogen and oxygen atoms in total. The minimum atomic E-state index is 1.08. The minimum Gasteiger partial charge on any atom is -0.270 e. The van der Waals surface area contributed by atoms with Crippen LogP contribution in [0.2, 0.25) is 0 Å². The molecule has 0 aromatic carbocycles. The summed E-state index contributed by atoms with van der Waals surface area (Å²) in [6.45, 7) is 13.6. The SMILES string of the molecule is CCCCCCN(CCC)C(N(CC)CC)=[N+](C)C. The van der Waals surface area contributed by atoms with Gasteiger partial charge in [-0.25, -0.2) is 0 Å². The minimum absolute atomic E-state index is 1.08. The Kier molecular flexibility index (Phi) is 10.7. The van der Waals surface area contributed by atoms with Gasteiger partial charge < -0.3 is 0 Å². The molecular formula is C16H36N3+. The van der Waals surface area contributed by atoms with Gasteiger partial charge in [-0.15, -0.1) is 0 Å². The van der Waals surface area contributed by atoms with Crippen molar-refractivity contribution in [3.63, 3.8) is 0 Å². The molecule has 0 spiro atoms. The molecule has 0 N–H and O–H groups in total. The molecule has 0 aromatic rings. The van der Waals surface area contributed by atoms with Crippen LogP contribution < -0.4 is 0 Å². The third-order valence-corrected chi connectivity index (χ3v) is 3.50. The standard InChI is InChI=1S/C16H36N3/c1-7-11-12-13-15-19(14-8-2)16(17(5)6)18(9-3)10-4/h7-15H2,1-6H3/q+1. The Labute approximate surface area is 121 Å². The third kappa shape index (κ3) is 6.84. The lowest BCUT2D eigenvalue weighted by Gasteiger charge is -2.28. The quantitative estimate of drug-likeness (QED) is 0.275. The van der Waals surface area contributed by atoms with Gasteiger partial charge in [0.2, 0.25) is 0 Å². The number of unbranched alkanes of at least 4 members (excludes halogenated alkanes) is 3. The summed E-state index contributed by atoms with van der Waals surface area (Å²) in [5.41, 5.74) is 0. The normalized spacial score (nSPS) is 10.4. The Bertz CT molecular complexity index is 240. The molecule has 114 valence electrons. The van der Waals surface area contributed by atoms with E-state index in [1.54, 1.807) is 0 Å². The molecule has 0 aliphatic carbocycles. The smallest absolute Gasteiger partial charge is 0.270 e. The summed E-state index contributed by atoms with van der Waals surface area (Å²) in [6, 6.07) is 0. The van der Waals surface area contributed by atoms with E-state index in [0.29, 0.717) is 0 Å². The first-order valence-corrected chi connectivity index (χ1v) is 8.16. The topological polar surface area (TPSA) is 9.49 Å². The van der Waals surface area contributed by atoms with Gasteiger partial charge in [0.25, 0.3) is 0 Å². The Balaban J connectivity index is 4.73. The van der Waals surface area contributed by atoms with Crippen LogP contribution >= 0.6 is 0 Å². The molecule has 0 aliphatic rings. The van der Waals surface area contributed by atoms with Crippen molar-refractivity contribution in [1.29, 1.82) is 0 Å². The summed E-state index contributed by atoms with van der Waals surface area (Å²) in [5, 5.41) is 0. The van der Waals surface area contributed by atoms with E-state index in [-0.39, 0.29) is 0 Å². The number of nitrogens with zero attached hydrogens (tertiary/aromatic N) is 3. The van der Waals surface area contributed by atoms with Gasteiger partial charge in [-0.05, 0) is 26.7 Å². The van der Waals surface area contributed by atoms with E-state index in [1.165, 1.54) is 44.6 Å². The fourth-order valence-electron chi connectivity index (χ4n) is 2.58. The molecule has 0 saturated heterocycles. The van der Waals surface area contributed by atoms with Crippen molar-refractivity contribution < 1.29 is 4.58 Å². The lowest BCUT2D eigenvalue weighted by Crippen LogP contribution is -2.49. The van der Waals surface area contributed by atoms with E-state index in [1.807, 2.05) is 0 Å². The lowest BCUT2D eigenvalue weighted by atomic mass is 10.2. The highest BCUT2D eigenvalue weighted by atomic mass is 15.4. The molecule has 0 aliphatic heterocycles. The van der Waals surface area contributed by atoms with Crippen LogP contribution in [0.25, 0.3) is 0 Å². The van der Waals surface area contributed by atoms with E-state index < -0.39 is 0 Å². The molecule has 0 fully saturated rings. The van der Waals surface area contributed by atoms with Crippen LogP contribution in [-0.2, 0) is 0 Å². The lowest BCUT2D eigenvalue weighted by molar-refractivity contribution is -0.476. The van der Waals surface area contributed by atoms with E-state index in [4.69, 9.17) is 0 Å². The molecular weight excluding hydrogens is 234 g/mol. The molecule has 0 rings (SSSR count). The van der Waals surface area contributed by atoms with Crippen LogP contribution in [0.1, 0.15) is 59.8 Å². The molecule has 0 heterocycles. The summed E-state index contributed by atoms with van der Waals surface area (Å²) in [7, 11) is 4.34. The summed E-state index contributed by atoms with van der Waals surface area (Å²) >= 11 is 0. The predicted molar refractivity (Wildman–Crippen MR) is 86.0 cm³/mol. The van der Waals surface area contributed by atoms with Crippen molar-refractivity contribution in [3.05, 3.63) is 0 Å². The van der Waals surface area contributed by atoms with Crippen LogP contribution in [0.15, 0.2) is 0 Å². The summed E-state index contributed by atoms with van der Waals surface area (Å²) in [6.07, 6.45) is 6.56. The Hall–Kier alpha value is -0.730. The van der Waals surface area contributed by atoms with Crippen LogP contribution in [0.4, 0.5) is 0 Å². The molecule has 0 unspecified atom stereocenters. The van der Waals surface area contributed by atoms with Crippen molar-refractivity contribution in [1.82, 2.24) is 9.80 Å². The molecule has 0 radical (unpaired) electrons. The van der Waals surface area contributed by atoms with Gasteiger partial charge in [0, 0.05) is 0 Å². The van der Waals surface area contributed by atoms with Crippen molar-refractivity contribution in [3.8, 4) is 0 Å². The third-order valence-electron chi connectivity index (χ3n) is 3.50. The number of rotatable bonds is 9.